The summed E-state index contributed by atoms with van der Waals surface area (Å²) in [6.45, 7) is 2.90. The zero-order valence-electron chi connectivity index (χ0n) is 16.2. The van der Waals surface area contributed by atoms with Crippen LogP contribution in [0.15, 0.2) is 42.5 Å². The summed E-state index contributed by atoms with van der Waals surface area (Å²) in [7, 11) is 0. The van der Waals surface area contributed by atoms with Crippen molar-refractivity contribution in [2.24, 2.45) is 5.73 Å². The Kier molecular flexibility index (Phi) is 4.43. The number of rotatable bonds is 3. The molecule has 5 rings (SSSR count). The van der Waals surface area contributed by atoms with Crippen LogP contribution in [0.2, 0.25) is 0 Å². The first-order chi connectivity index (χ1) is 14.2. The number of ether oxygens (including phenoxy) is 3. The topological polar surface area (TPSA) is 74.0 Å². The van der Waals surface area contributed by atoms with Crippen LogP contribution in [0.25, 0.3) is 6.08 Å². The molecule has 0 radical (unpaired) electrons. The lowest BCUT2D eigenvalue weighted by molar-refractivity contribution is -0.127. The first kappa shape index (κ1) is 18.1. The maximum Gasteiger partial charge on any atom is 0.246 e. The Morgan fingerprint density at radius 1 is 1.03 bits per heavy atom. The fourth-order valence-corrected chi connectivity index (χ4v) is 4.40. The molecule has 6 nitrogen and oxygen atoms in total. The Labute approximate surface area is 169 Å². The number of carbonyl (C=O) groups is 1. The van der Waals surface area contributed by atoms with Crippen molar-refractivity contribution in [2.75, 3.05) is 26.5 Å². The van der Waals surface area contributed by atoms with E-state index in [-0.39, 0.29) is 18.1 Å². The molecule has 1 fully saturated rings. The summed E-state index contributed by atoms with van der Waals surface area (Å²) in [6.07, 6.45) is 5.27. The van der Waals surface area contributed by atoms with Gasteiger partial charge < -0.3 is 24.8 Å². The Morgan fingerprint density at radius 2 is 1.83 bits per heavy atom. The predicted molar refractivity (Wildman–Crippen MR) is 109 cm³/mol. The average Bonchev–Trinajstić information content (AvgIpc) is 3.37. The van der Waals surface area contributed by atoms with Crippen LogP contribution in [0.1, 0.15) is 29.5 Å². The van der Waals surface area contributed by atoms with Crippen LogP contribution in [0, 0.1) is 0 Å². The largest absolute Gasteiger partial charge is 0.492 e. The molecule has 1 spiro atoms. The Hall–Kier alpha value is -2.99. The van der Waals surface area contributed by atoms with Gasteiger partial charge in [0.05, 0.1) is 6.61 Å². The molecule has 3 aliphatic rings. The number of carbonyl (C=O) groups excluding carboxylic acids is 1. The molecule has 29 heavy (non-hydrogen) atoms. The van der Waals surface area contributed by atoms with Crippen LogP contribution >= 0.6 is 0 Å². The van der Waals surface area contributed by atoms with Gasteiger partial charge in [0.25, 0.3) is 0 Å². The lowest BCUT2D eigenvalue weighted by Gasteiger charge is -2.38. The van der Waals surface area contributed by atoms with Crippen LogP contribution in [0.3, 0.4) is 0 Å². The summed E-state index contributed by atoms with van der Waals surface area (Å²) in [5.41, 5.74) is 9.11. The monoisotopic (exact) mass is 392 g/mol. The normalized spacial score (nSPS) is 18.9. The second kappa shape index (κ2) is 7.12. The van der Waals surface area contributed by atoms with Crippen molar-refractivity contribution in [1.29, 1.82) is 0 Å². The number of piperidine rings is 1. The van der Waals surface area contributed by atoms with Crippen LogP contribution in [0.4, 0.5) is 0 Å². The van der Waals surface area contributed by atoms with E-state index in [1.54, 1.807) is 6.08 Å². The molecule has 2 aromatic carbocycles. The first-order valence-electron chi connectivity index (χ1n) is 10.00. The lowest BCUT2D eigenvalue weighted by Crippen LogP contribution is -2.45. The summed E-state index contributed by atoms with van der Waals surface area (Å²) in [5, 5.41) is 0. The van der Waals surface area contributed by atoms with Gasteiger partial charge in [0.15, 0.2) is 11.5 Å². The molecule has 0 aliphatic carbocycles. The van der Waals surface area contributed by atoms with Crippen molar-refractivity contribution in [1.82, 2.24) is 4.90 Å². The molecule has 2 N–H and O–H groups in total. The third-order valence-electron chi connectivity index (χ3n) is 6.20. The minimum absolute atomic E-state index is 0.00166. The molecule has 3 heterocycles. The molecule has 6 heteroatoms. The van der Waals surface area contributed by atoms with Crippen molar-refractivity contribution in [3.05, 3.63) is 59.2 Å². The number of fused-ring (bicyclic) bond motifs is 3. The Balaban J connectivity index is 1.25. The molecule has 3 aliphatic heterocycles. The third kappa shape index (κ3) is 3.23. The second-order valence-electron chi connectivity index (χ2n) is 7.87. The van der Waals surface area contributed by atoms with Crippen molar-refractivity contribution in [3.63, 3.8) is 0 Å². The van der Waals surface area contributed by atoms with Gasteiger partial charge in [-0.15, -0.1) is 0 Å². The smallest absolute Gasteiger partial charge is 0.246 e. The summed E-state index contributed by atoms with van der Waals surface area (Å²) in [5.74, 6) is 2.46. The van der Waals surface area contributed by atoms with Gasteiger partial charge in [-0.3, -0.25) is 4.79 Å². The molecule has 150 valence electrons. The fourth-order valence-electron chi connectivity index (χ4n) is 4.40. The molecule has 1 amide bonds. The molecular weight excluding hydrogens is 368 g/mol. The molecule has 0 atom stereocenters. The second-order valence-corrected chi connectivity index (χ2v) is 7.87. The van der Waals surface area contributed by atoms with E-state index in [2.05, 4.69) is 6.07 Å². The predicted octanol–water partition coefficient (Wildman–Crippen LogP) is 2.84. The number of hydrogen-bond acceptors (Lipinski definition) is 5. The van der Waals surface area contributed by atoms with E-state index < -0.39 is 0 Å². The Bertz CT molecular complexity index is 977. The van der Waals surface area contributed by atoms with E-state index in [9.17, 15) is 4.79 Å². The lowest BCUT2D eigenvalue weighted by atomic mass is 9.74. The van der Waals surface area contributed by atoms with Crippen LogP contribution in [0.5, 0.6) is 17.2 Å². The highest BCUT2D eigenvalue weighted by molar-refractivity contribution is 5.92. The van der Waals surface area contributed by atoms with Crippen LogP contribution in [-0.4, -0.2) is 37.3 Å². The quantitative estimate of drug-likeness (QED) is 0.813. The maximum atomic E-state index is 12.7. The summed E-state index contributed by atoms with van der Waals surface area (Å²) in [6, 6.07) is 11.9. The molecule has 0 aromatic heterocycles. The highest BCUT2D eigenvalue weighted by Gasteiger charge is 2.43. The summed E-state index contributed by atoms with van der Waals surface area (Å²) < 4.78 is 16.7. The van der Waals surface area contributed by atoms with Gasteiger partial charge in [0.2, 0.25) is 12.7 Å². The highest BCUT2D eigenvalue weighted by Crippen LogP contribution is 2.45. The van der Waals surface area contributed by atoms with Crippen LogP contribution < -0.4 is 19.9 Å². The standard InChI is InChI=1S/C23H24N2O4/c24-13-17-2-4-19-18(11-17)23(14-27-19)7-9-25(10-8-23)22(26)6-3-16-1-5-20-21(12-16)29-15-28-20/h1-6,11-12H,7-10,13-15,24H2/b6-3+. The van der Waals surface area contributed by atoms with Crippen molar-refractivity contribution < 1.29 is 19.0 Å². The number of nitrogens with zero attached hydrogens (tertiary/aromatic N) is 1. The van der Waals surface area contributed by atoms with Gasteiger partial charge in [-0.05, 0) is 48.2 Å². The number of benzene rings is 2. The van der Waals surface area contributed by atoms with Gasteiger partial charge >= 0.3 is 0 Å². The minimum atomic E-state index is -0.00166. The highest BCUT2D eigenvalue weighted by atomic mass is 16.7. The van der Waals surface area contributed by atoms with Crippen LogP contribution in [-0.2, 0) is 16.8 Å². The summed E-state index contributed by atoms with van der Waals surface area (Å²) >= 11 is 0. The summed E-state index contributed by atoms with van der Waals surface area (Å²) in [4.78, 5) is 14.6. The van der Waals surface area contributed by atoms with E-state index in [1.807, 2.05) is 41.3 Å². The van der Waals surface area contributed by atoms with Crippen molar-refractivity contribution >= 4 is 12.0 Å². The van der Waals surface area contributed by atoms with Crippen molar-refractivity contribution in [2.45, 2.75) is 24.8 Å². The third-order valence-corrected chi connectivity index (χ3v) is 6.20. The molecule has 0 bridgehead atoms. The van der Waals surface area contributed by atoms with E-state index in [0.29, 0.717) is 13.2 Å². The van der Waals surface area contributed by atoms with Crippen molar-refractivity contribution in [3.8, 4) is 17.2 Å². The molecule has 2 aromatic rings. The Morgan fingerprint density at radius 3 is 2.66 bits per heavy atom. The van der Waals surface area contributed by atoms with Gasteiger partial charge in [-0.25, -0.2) is 0 Å². The average molecular weight is 392 g/mol. The fraction of sp³-hybridized carbons (Fsp3) is 0.348. The molecular formula is C23H24N2O4. The van der Waals surface area contributed by atoms with Gasteiger partial charge in [0, 0.05) is 36.7 Å². The number of likely N-dealkylation sites (tertiary alicyclic amines) is 1. The van der Waals surface area contributed by atoms with E-state index in [1.165, 1.54) is 5.56 Å². The number of amides is 1. The van der Waals surface area contributed by atoms with Gasteiger partial charge in [0.1, 0.15) is 5.75 Å². The van der Waals surface area contributed by atoms with Gasteiger partial charge in [-0.2, -0.15) is 0 Å². The van der Waals surface area contributed by atoms with E-state index >= 15 is 0 Å². The molecule has 0 saturated carbocycles. The number of nitrogens with two attached hydrogens (primary N) is 1. The van der Waals surface area contributed by atoms with E-state index in [0.717, 1.165) is 54.3 Å². The first-order valence-corrected chi connectivity index (χ1v) is 10.00. The SMILES string of the molecule is NCc1ccc2c(c1)C1(CCN(C(=O)/C=C/c3ccc4c(c3)OCO4)CC1)CO2. The minimum Gasteiger partial charge on any atom is -0.492 e. The molecule has 1 saturated heterocycles. The van der Waals surface area contributed by atoms with E-state index in [4.69, 9.17) is 19.9 Å². The van der Waals surface area contributed by atoms with Gasteiger partial charge in [-0.1, -0.05) is 18.2 Å². The zero-order valence-corrected chi connectivity index (χ0v) is 16.2. The zero-order chi connectivity index (χ0) is 19.8. The maximum absolute atomic E-state index is 12.7. The number of hydrogen-bond donors (Lipinski definition) is 1. The molecule has 0 unspecified atom stereocenters.